The van der Waals surface area contributed by atoms with Gasteiger partial charge in [0, 0.05) is 23.9 Å². The van der Waals surface area contributed by atoms with Gasteiger partial charge in [0.1, 0.15) is 5.15 Å². The Kier molecular flexibility index (Phi) is 3.95. The van der Waals surface area contributed by atoms with Crippen molar-refractivity contribution in [3.8, 4) is 6.07 Å². The van der Waals surface area contributed by atoms with Crippen molar-refractivity contribution in [2.75, 3.05) is 0 Å². The van der Waals surface area contributed by atoms with Gasteiger partial charge in [-0.05, 0) is 5.56 Å². The molecule has 1 aromatic heterocycles. The summed E-state index contributed by atoms with van der Waals surface area (Å²) in [5, 5.41) is 8.44. The number of rotatable bonds is 3. The van der Waals surface area contributed by atoms with Crippen LogP contribution in [0.1, 0.15) is 23.1 Å². The zero-order chi connectivity index (χ0) is 11.4. The molecule has 80 valence electrons. The lowest BCUT2D eigenvalue weighted by Crippen LogP contribution is -2.08. The molecule has 6 heteroatoms. The molecule has 0 unspecified atom stereocenters. The van der Waals surface area contributed by atoms with Gasteiger partial charge < -0.3 is 5.73 Å². The van der Waals surface area contributed by atoms with Crippen LogP contribution in [-0.4, -0.2) is 4.98 Å². The highest BCUT2D eigenvalue weighted by Crippen LogP contribution is 2.30. The topological polar surface area (TPSA) is 62.7 Å². The minimum absolute atomic E-state index is 0.0329. The fraction of sp³-hybridized carbons (Fsp3) is 0.333. The van der Waals surface area contributed by atoms with E-state index in [0.29, 0.717) is 0 Å². The Labute approximate surface area is 90.5 Å². The van der Waals surface area contributed by atoms with Crippen LogP contribution in [0.2, 0.25) is 5.15 Å². The van der Waals surface area contributed by atoms with Gasteiger partial charge in [-0.1, -0.05) is 11.6 Å². The first kappa shape index (κ1) is 11.8. The lowest BCUT2D eigenvalue weighted by molar-refractivity contribution is 0.149. The van der Waals surface area contributed by atoms with E-state index in [2.05, 4.69) is 4.98 Å². The lowest BCUT2D eigenvalue weighted by atomic mass is 10.0. The van der Waals surface area contributed by atoms with Crippen LogP contribution in [-0.2, 0) is 13.0 Å². The summed E-state index contributed by atoms with van der Waals surface area (Å²) in [5.74, 6) is 0. The molecule has 1 heterocycles. The molecule has 15 heavy (non-hydrogen) atoms. The smallest absolute Gasteiger partial charge is 0.264 e. The SMILES string of the molecule is N#CCc1cnc(Cl)c(CN)c1C(F)F. The molecule has 0 fully saturated rings. The third kappa shape index (κ3) is 2.41. The fourth-order valence-electron chi connectivity index (χ4n) is 1.28. The molecular formula is C9H8ClF2N3. The van der Waals surface area contributed by atoms with Gasteiger partial charge in [-0.2, -0.15) is 5.26 Å². The quantitative estimate of drug-likeness (QED) is 0.811. The minimum Gasteiger partial charge on any atom is -0.326 e. The van der Waals surface area contributed by atoms with Crippen molar-refractivity contribution in [3.63, 3.8) is 0 Å². The normalized spacial score (nSPS) is 10.4. The number of nitrogens with zero attached hydrogens (tertiary/aromatic N) is 2. The number of aromatic nitrogens is 1. The Bertz CT molecular complexity index is 401. The maximum Gasteiger partial charge on any atom is 0.264 e. The van der Waals surface area contributed by atoms with Gasteiger partial charge >= 0.3 is 0 Å². The van der Waals surface area contributed by atoms with Gasteiger partial charge in [-0.15, -0.1) is 0 Å². The third-order valence-electron chi connectivity index (χ3n) is 1.95. The molecule has 0 atom stereocenters. The Morgan fingerprint density at radius 2 is 2.27 bits per heavy atom. The molecule has 0 bridgehead atoms. The van der Waals surface area contributed by atoms with Crippen LogP contribution >= 0.6 is 11.6 Å². The number of halogens is 3. The minimum atomic E-state index is -2.70. The second-order valence-corrected chi connectivity index (χ2v) is 3.16. The van der Waals surface area contributed by atoms with E-state index in [1.807, 2.05) is 0 Å². The summed E-state index contributed by atoms with van der Waals surface area (Å²) < 4.78 is 25.5. The zero-order valence-corrected chi connectivity index (χ0v) is 8.43. The van der Waals surface area contributed by atoms with Crippen LogP contribution in [0.15, 0.2) is 6.20 Å². The summed E-state index contributed by atoms with van der Waals surface area (Å²) in [4.78, 5) is 3.71. The van der Waals surface area contributed by atoms with Crippen molar-refractivity contribution >= 4 is 11.6 Å². The molecule has 0 aliphatic carbocycles. The molecule has 0 aliphatic heterocycles. The fourth-order valence-corrected chi connectivity index (χ4v) is 1.51. The van der Waals surface area contributed by atoms with E-state index in [-0.39, 0.29) is 34.8 Å². The summed E-state index contributed by atoms with van der Waals surface area (Å²) in [6, 6.07) is 1.79. The molecule has 0 amide bonds. The highest BCUT2D eigenvalue weighted by atomic mass is 35.5. The molecule has 0 saturated carbocycles. The maximum absolute atomic E-state index is 12.7. The van der Waals surface area contributed by atoms with Crippen LogP contribution in [0.25, 0.3) is 0 Å². The first-order chi connectivity index (χ1) is 7.11. The monoisotopic (exact) mass is 231 g/mol. The molecular weight excluding hydrogens is 224 g/mol. The largest absolute Gasteiger partial charge is 0.326 e. The Hall–Kier alpha value is -1.25. The first-order valence-corrected chi connectivity index (χ1v) is 4.51. The number of hydrogen-bond acceptors (Lipinski definition) is 3. The second kappa shape index (κ2) is 5.01. The van der Waals surface area contributed by atoms with Crippen molar-refractivity contribution in [1.29, 1.82) is 5.26 Å². The molecule has 0 saturated heterocycles. The Morgan fingerprint density at radius 3 is 2.73 bits per heavy atom. The summed E-state index contributed by atoms with van der Waals surface area (Å²) >= 11 is 5.64. The number of nitrogens with two attached hydrogens (primary N) is 1. The van der Waals surface area contributed by atoms with Crippen molar-refractivity contribution in [1.82, 2.24) is 4.98 Å². The average Bonchev–Trinajstić information content (AvgIpc) is 2.20. The molecule has 1 rings (SSSR count). The van der Waals surface area contributed by atoms with E-state index in [4.69, 9.17) is 22.6 Å². The van der Waals surface area contributed by atoms with Gasteiger partial charge in [0.25, 0.3) is 6.43 Å². The van der Waals surface area contributed by atoms with Crippen LogP contribution < -0.4 is 5.73 Å². The predicted molar refractivity (Wildman–Crippen MR) is 51.4 cm³/mol. The first-order valence-electron chi connectivity index (χ1n) is 4.13. The van der Waals surface area contributed by atoms with Crippen LogP contribution in [0.5, 0.6) is 0 Å². The van der Waals surface area contributed by atoms with Gasteiger partial charge in [0.05, 0.1) is 12.5 Å². The molecule has 0 radical (unpaired) electrons. The van der Waals surface area contributed by atoms with Crippen LogP contribution in [0.4, 0.5) is 8.78 Å². The van der Waals surface area contributed by atoms with Crippen molar-refractivity contribution in [3.05, 3.63) is 28.0 Å². The van der Waals surface area contributed by atoms with Crippen molar-refractivity contribution in [2.45, 2.75) is 19.4 Å². The van der Waals surface area contributed by atoms with Crippen molar-refractivity contribution in [2.24, 2.45) is 5.73 Å². The summed E-state index contributed by atoms with van der Waals surface area (Å²) in [5.41, 5.74) is 5.34. The predicted octanol–water partition coefficient (Wildman–Crippen LogP) is 2.20. The molecule has 0 aromatic carbocycles. The summed E-state index contributed by atoms with van der Waals surface area (Å²) in [7, 11) is 0. The van der Waals surface area contributed by atoms with E-state index in [1.165, 1.54) is 6.20 Å². The Balaban J connectivity index is 3.36. The summed E-state index contributed by atoms with van der Waals surface area (Å²) in [6.07, 6.45) is -1.64. The third-order valence-corrected chi connectivity index (χ3v) is 2.27. The van der Waals surface area contributed by atoms with Gasteiger partial charge in [-0.3, -0.25) is 0 Å². The molecule has 0 spiro atoms. The standard InChI is InChI=1S/C9H8ClF2N3/c10-8-6(3-14)7(9(11)12)5(1-2-13)4-15-8/h4,9H,1,3,14H2. The van der Waals surface area contributed by atoms with E-state index in [0.717, 1.165) is 0 Å². The second-order valence-electron chi connectivity index (χ2n) is 2.81. The van der Waals surface area contributed by atoms with Gasteiger partial charge in [0.15, 0.2) is 0 Å². The number of alkyl halides is 2. The van der Waals surface area contributed by atoms with Gasteiger partial charge in [-0.25, -0.2) is 13.8 Å². The highest BCUT2D eigenvalue weighted by molar-refractivity contribution is 6.30. The van der Waals surface area contributed by atoms with E-state index < -0.39 is 6.43 Å². The van der Waals surface area contributed by atoms with E-state index in [1.54, 1.807) is 6.07 Å². The molecule has 1 aromatic rings. The van der Waals surface area contributed by atoms with E-state index in [9.17, 15) is 8.78 Å². The molecule has 3 nitrogen and oxygen atoms in total. The lowest BCUT2D eigenvalue weighted by Gasteiger charge is -2.11. The maximum atomic E-state index is 12.7. The summed E-state index contributed by atoms with van der Waals surface area (Å²) in [6.45, 7) is -0.120. The van der Waals surface area contributed by atoms with Crippen molar-refractivity contribution < 1.29 is 8.78 Å². The van der Waals surface area contributed by atoms with Crippen LogP contribution in [0, 0.1) is 11.3 Å². The van der Waals surface area contributed by atoms with Gasteiger partial charge in [0.2, 0.25) is 0 Å². The number of pyridine rings is 1. The van der Waals surface area contributed by atoms with Crippen LogP contribution in [0.3, 0.4) is 0 Å². The Morgan fingerprint density at radius 1 is 1.60 bits per heavy atom. The van der Waals surface area contributed by atoms with E-state index >= 15 is 0 Å². The number of nitriles is 1. The molecule has 0 aliphatic rings. The molecule has 2 N–H and O–H groups in total. The number of hydrogen-bond donors (Lipinski definition) is 1. The highest BCUT2D eigenvalue weighted by Gasteiger charge is 2.20. The average molecular weight is 232 g/mol. The zero-order valence-electron chi connectivity index (χ0n) is 7.67.